The van der Waals surface area contributed by atoms with Crippen LogP contribution in [0.2, 0.25) is 0 Å². The lowest BCUT2D eigenvalue weighted by Gasteiger charge is -2.12. The Morgan fingerprint density at radius 3 is 2.53 bits per heavy atom. The summed E-state index contributed by atoms with van der Waals surface area (Å²) in [4.78, 5) is 10.4. The fourth-order valence-electron chi connectivity index (χ4n) is 0.975. The zero-order valence-corrected chi connectivity index (χ0v) is 8.10. The molecule has 2 nitrogen and oxygen atoms in total. The SMILES string of the molecule is O=Cc1ccc(CCl)c(OC(F)(F)F)c1. The molecule has 0 bridgehead atoms. The molecular weight excluding hydrogens is 233 g/mol. The normalized spacial score (nSPS) is 11.2. The zero-order chi connectivity index (χ0) is 11.5. The fourth-order valence-corrected chi connectivity index (χ4v) is 1.20. The summed E-state index contributed by atoms with van der Waals surface area (Å²) in [7, 11) is 0. The second-order valence-corrected chi connectivity index (χ2v) is 2.93. The molecule has 0 aliphatic carbocycles. The molecule has 0 aromatic heterocycles. The van der Waals surface area contributed by atoms with Crippen LogP contribution in [0.25, 0.3) is 0 Å². The molecule has 15 heavy (non-hydrogen) atoms. The highest BCUT2D eigenvalue weighted by molar-refractivity contribution is 6.17. The number of ether oxygens (including phenoxy) is 1. The van der Waals surface area contributed by atoms with Crippen molar-refractivity contribution in [3.8, 4) is 5.75 Å². The topological polar surface area (TPSA) is 26.3 Å². The largest absolute Gasteiger partial charge is 0.573 e. The highest BCUT2D eigenvalue weighted by Crippen LogP contribution is 2.28. The van der Waals surface area contributed by atoms with E-state index in [1.54, 1.807) is 0 Å². The molecule has 0 atom stereocenters. The monoisotopic (exact) mass is 238 g/mol. The van der Waals surface area contributed by atoms with E-state index in [0.717, 1.165) is 6.07 Å². The van der Waals surface area contributed by atoms with Crippen LogP contribution in [-0.4, -0.2) is 12.6 Å². The molecule has 0 amide bonds. The van der Waals surface area contributed by atoms with Crippen molar-refractivity contribution in [2.45, 2.75) is 12.2 Å². The van der Waals surface area contributed by atoms with Crippen LogP contribution in [0.4, 0.5) is 13.2 Å². The second-order valence-electron chi connectivity index (χ2n) is 2.67. The van der Waals surface area contributed by atoms with E-state index in [1.807, 2.05) is 0 Å². The molecule has 1 aromatic carbocycles. The van der Waals surface area contributed by atoms with Gasteiger partial charge < -0.3 is 4.74 Å². The van der Waals surface area contributed by atoms with Crippen LogP contribution in [0.15, 0.2) is 18.2 Å². The predicted octanol–water partition coefficient (Wildman–Crippen LogP) is 3.14. The summed E-state index contributed by atoms with van der Waals surface area (Å²) in [5.74, 6) is -0.563. The maximum Gasteiger partial charge on any atom is 0.573 e. The van der Waals surface area contributed by atoms with Gasteiger partial charge in [-0.25, -0.2) is 0 Å². The van der Waals surface area contributed by atoms with Crippen molar-refractivity contribution in [1.29, 1.82) is 0 Å². The molecule has 0 aliphatic heterocycles. The summed E-state index contributed by atoms with van der Waals surface area (Å²) in [6.45, 7) is 0. The van der Waals surface area contributed by atoms with E-state index in [1.165, 1.54) is 12.1 Å². The maximum atomic E-state index is 11.9. The number of carbonyl (C=O) groups is 1. The summed E-state index contributed by atoms with van der Waals surface area (Å²) >= 11 is 5.42. The Labute approximate surface area is 88.6 Å². The molecule has 82 valence electrons. The van der Waals surface area contributed by atoms with E-state index in [0.29, 0.717) is 6.29 Å². The van der Waals surface area contributed by atoms with E-state index in [9.17, 15) is 18.0 Å². The third-order valence-corrected chi connectivity index (χ3v) is 1.88. The van der Waals surface area contributed by atoms with Gasteiger partial charge in [0, 0.05) is 11.1 Å². The maximum absolute atomic E-state index is 11.9. The fraction of sp³-hybridized carbons (Fsp3) is 0.222. The summed E-state index contributed by atoms with van der Waals surface area (Å²) < 4.78 is 39.5. The van der Waals surface area contributed by atoms with Gasteiger partial charge in [-0.05, 0) is 6.07 Å². The number of rotatable bonds is 3. The Morgan fingerprint density at radius 1 is 1.40 bits per heavy atom. The lowest BCUT2D eigenvalue weighted by Crippen LogP contribution is -2.18. The van der Waals surface area contributed by atoms with Crippen molar-refractivity contribution in [2.24, 2.45) is 0 Å². The van der Waals surface area contributed by atoms with E-state index >= 15 is 0 Å². The van der Waals surface area contributed by atoms with Gasteiger partial charge in [-0.2, -0.15) is 0 Å². The van der Waals surface area contributed by atoms with Gasteiger partial charge in [0.05, 0.1) is 5.88 Å². The quantitative estimate of drug-likeness (QED) is 0.597. The molecule has 1 rings (SSSR count). The molecule has 0 N–H and O–H groups in total. The number of hydrogen-bond donors (Lipinski definition) is 0. The number of benzene rings is 1. The van der Waals surface area contributed by atoms with Gasteiger partial charge >= 0.3 is 6.36 Å². The number of carbonyl (C=O) groups excluding carboxylic acids is 1. The van der Waals surface area contributed by atoms with Gasteiger partial charge in [0.2, 0.25) is 0 Å². The zero-order valence-electron chi connectivity index (χ0n) is 7.34. The molecule has 0 radical (unpaired) electrons. The van der Waals surface area contributed by atoms with Crippen LogP contribution in [0.5, 0.6) is 5.75 Å². The molecule has 0 heterocycles. The average Bonchev–Trinajstić information content (AvgIpc) is 2.15. The van der Waals surface area contributed by atoms with Crippen LogP contribution in [0.3, 0.4) is 0 Å². The molecule has 0 saturated carbocycles. The van der Waals surface area contributed by atoms with Crippen molar-refractivity contribution >= 4 is 17.9 Å². The first-order valence-corrected chi connectivity index (χ1v) is 4.39. The Bertz CT molecular complexity index is 363. The number of hydrogen-bond acceptors (Lipinski definition) is 2. The minimum atomic E-state index is -4.79. The van der Waals surface area contributed by atoms with Crippen LogP contribution in [0.1, 0.15) is 15.9 Å². The molecule has 0 spiro atoms. The van der Waals surface area contributed by atoms with Crippen LogP contribution in [0, 0.1) is 0 Å². The van der Waals surface area contributed by atoms with Crippen molar-refractivity contribution in [2.75, 3.05) is 0 Å². The van der Waals surface area contributed by atoms with Crippen molar-refractivity contribution in [1.82, 2.24) is 0 Å². The van der Waals surface area contributed by atoms with Crippen molar-refractivity contribution in [3.63, 3.8) is 0 Å². The van der Waals surface area contributed by atoms with Gasteiger partial charge in [-0.1, -0.05) is 12.1 Å². The van der Waals surface area contributed by atoms with Crippen LogP contribution in [-0.2, 0) is 5.88 Å². The van der Waals surface area contributed by atoms with Gasteiger partial charge in [0.1, 0.15) is 12.0 Å². The molecule has 0 aliphatic rings. The van der Waals surface area contributed by atoms with Gasteiger partial charge in [-0.15, -0.1) is 24.8 Å². The summed E-state index contributed by atoms with van der Waals surface area (Å²) in [5, 5.41) is 0. The minimum Gasteiger partial charge on any atom is -0.405 e. The molecule has 6 heteroatoms. The van der Waals surface area contributed by atoms with Crippen LogP contribution >= 0.6 is 11.6 Å². The average molecular weight is 239 g/mol. The third kappa shape index (κ3) is 3.43. The lowest BCUT2D eigenvalue weighted by molar-refractivity contribution is -0.274. The van der Waals surface area contributed by atoms with Crippen LogP contribution < -0.4 is 4.74 Å². The van der Waals surface area contributed by atoms with E-state index in [2.05, 4.69) is 4.74 Å². The first kappa shape index (κ1) is 11.8. The Morgan fingerprint density at radius 2 is 2.07 bits per heavy atom. The molecule has 0 saturated heterocycles. The summed E-state index contributed by atoms with van der Waals surface area (Å²) in [6, 6.07) is 3.68. The van der Waals surface area contributed by atoms with E-state index in [-0.39, 0.29) is 17.0 Å². The van der Waals surface area contributed by atoms with E-state index in [4.69, 9.17) is 11.6 Å². The minimum absolute atomic E-state index is 0.100. The highest BCUT2D eigenvalue weighted by Gasteiger charge is 2.32. The molecule has 0 fully saturated rings. The van der Waals surface area contributed by atoms with E-state index < -0.39 is 12.1 Å². The molecular formula is C9H6ClF3O2. The standard InChI is InChI=1S/C9H6ClF3O2/c10-4-7-2-1-6(5-14)3-8(7)15-9(11,12)13/h1-3,5H,4H2. The van der Waals surface area contributed by atoms with Crippen molar-refractivity contribution < 1.29 is 22.7 Å². The molecule has 0 unspecified atom stereocenters. The number of aldehydes is 1. The van der Waals surface area contributed by atoms with Gasteiger partial charge in [0.15, 0.2) is 0 Å². The Kier molecular flexibility index (Phi) is 3.57. The Hall–Kier alpha value is -1.23. The predicted molar refractivity (Wildman–Crippen MR) is 48.1 cm³/mol. The molecule has 1 aromatic rings. The smallest absolute Gasteiger partial charge is 0.405 e. The number of alkyl halides is 4. The van der Waals surface area contributed by atoms with Gasteiger partial charge in [-0.3, -0.25) is 4.79 Å². The first-order valence-electron chi connectivity index (χ1n) is 3.86. The Balaban J connectivity index is 3.06. The highest BCUT2D eigenvalue weighted by atomic mass is 35.5. The second kappa shape index (κ2) is 4.53. The number of halogens is 4. The lowest BCUT2D eigenvalue weighted by atomic mass is 10.1. The van der Waals surface area contributed by atoms with Crippen molar-refractivity contribution in [3.05, 3.63) is 29.3 Å². The summed E-state index contributed by atoms with van der Waals surface area (Å²) in [5.41, 5.74) is 0.280. The van der Waals surface area contributed by atoms with Gasteiger partial charge in [0.25, 0.3) is 0 Å². The first-order chi connectivity index (χ1) is 6.96. The summed E-state index contributed by atoms with van der Waals surface area (Å²) in [6.07, 6.45) is -4.36. The third-order valence-electron chi connectivity index (χ3n) is 1.60.